The van der Waals surface area contributed by atoms with E-state index >= 15 is 0 Å². The van der Waals surface area contributed by atoms with Crippen molar-refractivity contribution in [2.24, 2.45) is 0 Å². The highest BCUT2D eigenvalue weighted by Gasteiger charge is 2.15. The van der Waals surface area contributed by atoms with Gasteiger partial charge in [0, 0.05) is 38.3 Å². The molecule has 2 N–H and O–H groups in total. The van der Waals surface area contributed by atoms with E-state index in [1.54, 1.807) is 17.1 Å². The molecular weight excluding hydrogens is 282 g/mol. The summed E-state index contributed by atoms with van der Waals surface area (Å²) in [6, 6.07) is 5.42. The molecule has 3 rings (SSSR count). The molecule has 1 aliphatic rings. The van der Waals surface area contributed by atoms with Crippen molar-refractivity contribution < 1.29 is 9.53 Å². The van der Waals surface area contributed by atoms with E-state index in [1.807, 2.05) is 24.4 Å². The van der Waals surface area contributed by atoms with Crippen LogP contribution in [0, 0.1) is 0 Å². The number of carbonyl (C=O) groups excluding carboxylic acids is 1. The van der Waals surface area contributed by atoms with Crippen molar-refractivity contribution in [1.82, 2.24) is 25.4 Å². The van der Waals surface area contributed by atoms with Crippen LogP contribution < -0.4 is 10.6 Å². The maximum Gasteiger partial charge on any atom is 0.315 e. The van der Waals surface area contributed by atoms with Crippen LogP contribution in [-0.4, -0.2) is 40.1 Å². The molecule has 22 heavy (non-hydrogen) atoms. The summed E-state index contributed by atoms with van der Waals surface area (Å²) in [6.07, 6.45) is 7.47. The van der Waals surface area contributed by atoms with Gasteiger partial charge in [-0.1, -0.05) is 0 Å². The van der Waals surface area contributed by atoms with E-state index in [-0.39, 0.29) is 12.1 Å². The molecule has 2 amide bonds. The number of carbonyl (C=O) groups is 1. The SMILES string of the molecule is O=C(NCc1ccnc(-n2cccn2)c1)NC[C@@H]1CCCO1. The van der Waals surface area contributed by atoms with Gasteiger partial charge in [-0.3, -0.25) is 0 Å². The first-order chi connectivity index (χ1) is 10.8. The van der Waals surface area contributed by atoms with Crippen molar-refractivity contribution in [1.29, 1.82) is 0 Å². The highest BCUT2D eigenvalue weighted by Crippen LogP contribution is 2.10. The maximum atomic E-state index is 11.8. The van der Waals surface area contributed by atoms with Crippen molar-refractivity contribution in [2.45, 2.75) is 25.5 Å². The number of rotatable bonds is 5. The molecule has 0 bridgehead atoms. The number of aromatic nitrogens is 3. The van der Waals surface area contributed by atoms with Crippen LogP contribution in [0.1, 0.15) is 18.4 Å². The van der Waals surface area contributed by atoms with Crippen molar-refractivity contribution in [3.05, 3.63) is 42.4 Å². The molecule has 0 radical (unpaired) electrons. The summed E-state index contributed by atoms with van der Waals surface area (Å²) in [4.78, 5) is 16.0. The number of hydrogen-bond acceptors (Lipinski definition) is 4. The Labute approximate surface area is 128 Å². The number of nitrogens with one attached hydrogen (secondary N) is 2. The minimum absolute atomic E-state index is 0.151. The quantitative estimate of drug-likeness (QED) is 0.871. The van der Waals surface area contributed by atoms with Gasteiger partial charge in [0.1, 0.15) is 0 Å². The lowest BCUT2D eigenvalue weighted by atomic mass is 10.2. The number of urea groups is 1. The standard InChI is InChI=1S/C15H19N5O2/c21-15(18-11-13-3-1-8-22-13)17-10-12-4-6-16-14(9-12)20-7-2-5-19-20/h2,4-7,9,13H,1,3,8,10-11H2,(H2,17,18,21)/t13-/m0/s1. The summed E-state index contributed by atoms with van der Waals surface area (Å²) >= 11 is 0. The van der Waals surface area contributed by atoms with Crippen LogP contribution in [0.25, 0.3) is 5.82 Å². The van der Waals surface area contributed by atoms with Crippen LogP contribution >= 0.6 is 0 Å². The fourth-order valence-electron chi connectivity index (χ4n) is 2.36. The van der Waals surface area contributed by atoms with Crippen LogP contribution in [0.4, 0.5) is 4.79 Å². The van der Waals surface area contributed by atoms with E-state index in [9.17, 15) is 4.79 Å². The van der Waals surface area contributed by atoms with Crippen molar-refractivity contribution >= 4 is 6.03 Å². The molecule has 1 aliphatic heterocycles. The second-order valence-corrected chi connectivity index (χ2v) is 5.17. The predicted octanol–water partition coefficient (Wildman–Crippen LogP) is 1.25. The number of amides is 2. The first-order valence-electron chi connectivity index (χ1n) is 7.39. The zero-order valence-electron chi connectivity index (χ0n) is 12.2. The van der Waals surface area contributed by atoms with Crippen molar-refractivity contribution in [3.8, 4) is 5.82 Å². The third-order valence-electron chi connectivity index (χ3n) is 3.52. The molecule has 3 heterocycles. The smallest absolute Gasteiger partial charge is 0.315 e. The number of pyridine rings is 1. The Hall–Kier alpha value is -2.41. The summed E-state index contributed by atoms with van der Waals surface area (Å²) in [5.74, 6) is 0.726. The molecule has 0 aliphatic carbocycles. The van der Waals surface area contributed by atoms with Crippen LogP contribution in [0.3, 0.4) is 0 Å². The van der Waals surface area contributed by atoms with Gasteiger partial charge in [-0.15, -0.1) is 0 Å². The molecule has 0 unspecified atom stereocenters. The van der Waals surface area contributed by atoms with Gasteiger partial charge in [-0.25, -0.2) is 14.5 Å². The summed E-state index contributed by atoms with van der Waals surface area (Å²) in [7, 11) is 0. The number of ether oxygens (including phenoxy) is 1. The number of hydrogen-bond donors (Lipinski definition) is 2. The topological polar surface area (TPSA) is 81.1 Å². The minimum Gasteiger partial charge on any atom is -0.376 e. The largest absolute Gasteiger partial charge is 0.376 e. The lowest BCUT2D eigenvalue weighted by Gasteiger charge is -2.12. The Morgan fingerprint density at radius 1 is 1.41 bits per heavy atom. The molecule has 0 aromatic carbocycles. The van der Waals surface area contributed by atoms with Gasteiger partial charge in [-0.2, -0.15) is 5.10 Å². The van der Waals surface area contributed by atoms with E-state index in [0.29, 0.717) is 13.1 Å². The van der Waals surface area contributed by atoms with Gasteiger partial charge in [0.2, 0.25) is 0 Å². The average Bonchev–Trinajstić information content (AvgIpc) is 3.24. The zero-order valence-corrected chi connectivity index (χ0v) is 12.2. The van der Waals surface area contributed by atoms with Gasteiger partial charge in [0.15, 0.2) is 5.82 Å². The highest BCUT2D eigenvalue weighted by atomic mass is 16.5. The Morgan fingerprint density at radius 2 is 2.36 bits per heavy atom. The van der Waals surface area contributed by atoms with Crippen LogP contribution in [0.2, 0.25) is 0 Å². The first kappa shape index (κ1) is 14.5. The Balaban J connectivity index is 1.48. The fraction of sp³-hybridized carbons (Fsp3) is 0.400. The van der Waals surface area contributed by atoms with E-state index in [1.165, 1.54) is 0 Å². The van der Waals surface area contributed by atoms with Gasteiger partial charge >= 0.3 is 6.03 Å². The second-order valence-electron chi connectivity index (χ2n) is 5.17. The molecule has 0 saturated carbocycles. The van der Waals surface area contributed by atoms with Crippen LogP contribution in [0.15, 0.2) is 36.8 Å². The van der Waals surface area contributed by atoms with Gasteiger partial charge in [-0.05, 0) is 36.6 Å². The first-order valence-corrected chi connectivity index (χ1v) is 7.39. The van der Waals surface area contributed by atoms with E-state index in [0.717, 1.165) is 30.8 Å². The normalized spacial score (nSPS) is 17.4. The molecule has 1 fully saturated rings. The van der Waals surface area contributed by atoms with Crippen molar-refractivity contribution in [3.63, 3.8) is 0 Å². The van der Waals surface area contributed by atoms with Gasteiger partial charge in [0.05, 0.1) is 6.10 Å². The van der Waals surface area contributed by atoms with Gasteiger partial charge in [0.25, 0.3) is 0 Å². The lowest BCUT2D eigenvalue weighted by molar-refractivity contribution is 0.111. The second kappa shape index (κ2) is 7.04. The predicted molar refractivity (Wildman–Crippen MR) is 80.6 cm³/mol. The summed E-state index contributed by atoms with van der Waals surface area (Å²) in [5.41, 5.74) is 0.966. The third-order valence-corrected chi connectivity index (χ3v) is 3.52. The van der Waals surface area contributed by atoms with E-state index in [2.05, 4.69) is 20.7 Å². The average molecular weight is 301 g/mol. The zero-order chi connectivity index (χ0) is 15.2. The molecule has 1 atom stereocenters. The highest BCUT2D eigenvalue weighted by molar-refractivity contribution is 5.73. The molecule has 0 spiro atoms. The summed E-state index contributed by atoms with van der Waals surface area (Å²) in [6.45, 7) is 1.79. The fourth-order valence-corrected chi connectivity index (χ4v) is 2.36. The molecule has 7 nitrogen and oxygen atoms in total. The lowest BCUT2D eigenvalue weighted by Crippen LogP contribution is -2.39. The van der Waals surface area contributed by atoms with E-state index < -0.39 is 0 Å². The Kier molecular flexibility index (Phi) is 4.65. The monoisotopic (exact) mass is 301 g/mol. The molecule has 7 heteroatoms. The number of nitrogens with zero attached hydrogens (tertiary/aromatic N) is 3. The molecule has 2 aromatic rings. The molecule has 1 saturated heterocycles. The molecular formula is C15H19N5O2. The van der Waals surface area contributed by atoms with Crippen LogP contribution in [-0.2, 0) is 11.3 Å². The van der Waals surface area contributed by atoms with E-state index in [4.69, 9.17) is 4.74 Å². The molecule has 116 valence electrons. The minimum atomic E-state index is -0.187. The van der Waals surface area contributed by atoms with Crippen molar-refractivity contribution in [2.75, 3.05) is 13.2 Å². The maximum absolute atomic E-state index is 11.8. The summed E-state index contributed by atoms with van der Waals surface area (Å²) in [5, 5.41) is 9.80. The summed E-state index contributed by atoms with van der Waals surface area (Å²) < 4.78 is 7.14. The van der Waals surface area contributed by atoms with Crippen LogP contribution in [0.5, 0.6) is 0 Å². The van der Waals surface area contributed by atoms with Gasteiger partial charge < -0.3 is 15.4 Å². The third kappa shape index (κ3) is 3.82. The molecule has 2 aromatic heterocycles. The Morgan fingerprint density at radius 3 is 3.14 bits per heavy atom. The Bertz CT molecular complexity index is 608.